The van der Waals surface area contributed by atoms with Crippen molar-refractivity contribution in [2.24, 2.45) is 51.2 Å². The van der Waals surface area contributed by atoms with Crippen molar-refractivity contribution in [3.05, 3.63) is 12.2 Å². The fraction of sp³-hybridized carbons (Fsp3) is 0.844. The zero-order chi connectivity index (χ0) is 27.2. The molecule has 0 aromatic rings. The highest BCUT2D eigenvalue weighted by atomic mass is 16.5. The molecule has 5 fully saturated rings. The Morgan fingerprint density at radius 2 is 1.59 bits per heavy atom. The average molecular weight is 512 g/mol. The standard InChI is InChI=1S/C32H49NO4/c1-20(2)21-11-14-32(19-34)16-15-30(6)22(25(21)32)9-10-24-29(5)17-18-33(26(35)27(36)37-8)28(3,4)23(29)12-13-31(24,30)7/h19,21-25H,1,9-18H2,2-8H3/t21-,22+,23-,24+,25+,29-,30+,31+,32+/m0/s1. The lowest BCUT2D eigenvalue weighted by Crippen LogP contribution is -2.70. The Morgan fingerprint density at radius 1 is 0.892 bits per heavy atom. The van der Waals surface area contributed by atoms with Gasteiger partial charge in [0.1, 0.15) is 6.29 Å². The molecule has 1 heterocycles. The molecule has 4 aliphatic carbocycles. The van der Waals surface area contributed by atoms with E-state index in [9.17, 15) is 14.4 Å². The van der Waals surface area contributed by atoms with Gasteiger partial charge in [-0.1, -0.05) is 32.9 Å². The summed E-state index contributed by atoms with van der Waals surface area (Å²) in [6.07, 6.45) is 11.2. The van der Waals surface area contributed by atoms with Crippen molar-refractivity contribution in [3.8, 4) is 0 Å². The fourth-order valence-electron chi connectivity index (χ4n) is 11.7. The number of ether oxygens (including phenoxy) is 1. The minimum atomic E-state index is -0.755. The lowest BCUT2D eigenvalue weighted by Gasteiger charge is -2.73. The van der Waals surface area contributed by atoms with Crippen molar-refractivity contribution in [3.63, 3.8) is 0 Å². The maximum absolute atomic E-state index is 13.0. The van der Waals surface area contributed by atoms with Gasteiger partial charge in [-0.15, -0.1) is 0 Å². The number of hydrogen-bond donors (Lipinski definition) is 0. The Morgan fingerprint density at radius 3 is 2.22 bits per heavy atom. The highest BCUT2D eigenvalue weighted by molar-refractivity contribution is 6.32. The summed E-state index contributed by atoms with van der Waals surface area (Å²) < 4.78 is 4.81. The molecule has 0 radical (unpaired) electrons. The number of piperidine rings is 1. The van der Waals surface area contributed by atoms with E-state index >= 15 is 0 Å². The number of hydrogen-bond acceptors (Lipinski definition) is 4. The van der Waals surface area contributed by atoms with Crippen molar-refractivity contribution in [2.75, 3.05) is 13.7 Å². The number of allylic oxidation sites excluding steroid dienone is 1. The first kappa shape index (κ1) is 26.9. The van der Waals surface area contributed by atoms with Crippen LogP contribution in [0.15, 0.2) is 12.2 Å². The van der Waals surface area contributed by atoms with Crippen molar-refractivity contribution in [1.29, 1.82) is 0 Å². The summed E-state index contributed by atoms with van der Waals surface area (Å²) in [4.78, 5) is 39.6. The van der Waals surface area contributed by atoms with Crippen LogP contribution in [0, 0.1) is 51.2 Å². The van der Waals surface area contributed by atoms with Gasteiger partial charge in [-0.2, -0.15) is 0 Å². The molecule has 0 aromatic heterocycles. The van der Waals surface area contributed by atoms with Crippen LogP contribution >= 0.6 is 0 Å². The van der Waals surface area contributed by atoms with Crippen LogP contribution < -0.4 is 0 Å². The summed E-state index contributed by atoms with van der Waals surface area (Å²) in [5.74, 6) is 1.12. The van der Waals surface area contributed by atoms with Gasteiger partial charge in [0.05, 0.1) is 7.11 Å². The molecular formula is C32H49NO4. The molecule has 9 atom stereocenters. The Bertz CT molecular complexity index is 1020. The van der Waals surface area contributed by atoms with E-state index in [0.29, 0.717) is 36.1 Å². The molecule has 0 bridgehead atoms. The first-order valence-corrected chi connectivity index (χ1v) is 14.8. The molecule has 5 aliphatic rings. The van der Waals surface area contributed by atoms with E-state index in [1.165, 1.54) is 31.8 Å². The molecule has 0 spiro atoms. The molecular weight excluding hydrogens is 462 g/mol. The van der Waals surface area contributed by atoms with Gasteiger partial charge in [0, 0.05) is 17.5 Å². The number of nitrogens with zero attached hydrogens (tertiary/aromatic N) is 1. The van der Waals surface area contributed by atoms with E-state index in [2.05, 4.69) is 48.1 Å². The lowest BCUT2D eigenvalue weighted by atomic mass is 9.33. The summed E-state index contributed by atoms with van der Waals surface area (Å²) in [6.45, 7) is 19.2. The Hall–Kier alpha value is -1.65. The largest absolute Gasteiger partial charge is 0.462 e. The monoisotopic (exact) mass is 511 g/mol. The Labute approximate surface area is 224 Å². The molecule has 0 aromatic carbocycles. The summed E-state index contributed by atoms with van der Waals surface area (Å²) in [7, 11) is 1.29. The first-order chi connectivity index (χ1) is 17.2. The number of aldehydes is 1. The number of amides is 1. The molecule has 4 saturated carbocycles. The molecule has 5 nitrogen and oxygen atoms in total. The number of fused-ring (bicyclic) bond motifs is 7. The van der Waals surface area contributed by atoms with Gasteiger partial charge in [-0.3, -0.25) is 4.79 Å². The van der Waals surface area contributed by atoms with Gasteiger partial charge >= 0.3 is 11.9 Å². The number of methoxy groups -OCH3 is 1. The quantitative estimate of drug-likeness (QED) is 0.191. The molecule has 206 valence electrons. The normalized spacial score (nSPS) is 48.1. The van der Waals surface area contributed by atoms with Crippen molar-refractivity contribution >= 4 is 18.2 Å². The molecule has 1 amide bonds. The summed E-state index contributed by atoms with van der Waals surface area (Å²) in [5, 5.41) is 0. The third-order valence-corrected chi connectivity index (χ3v) is 13.7. The van der Waals surface area contributed by atoms with Crippen LogP contribution in [0.2, 0.25) is 0 Å². The summed E-state index contributed by atoms with van der Waals surface area (Å²) in [5.41, 5.74) is 1.23. The van der Waals surface area contributed by atoms with E-state index in [4.69, 9.17) is 4.74 Å². The zero-order valence-corrected chi connectivity index (χ0v) is 24.3. The Kier molecular flexibility index (Phi) is 6.13. The predicted molar refractivity (Wildman–Crippen MR) is 144 cm³/mol. The third kappa shape index (κ3) is 3.30. The van der Waals surface area contributed by atoms with Crippen LogP contribution in [0.3, 0.4) is 0 Å². The highest BCUT2D eigenvalue weighted by Gasteiger charge is 2.71. The van der Waals surface area contributed by atoms with Crippen LogP contribution in [0.1, 0.15) is 99.3 Å². The SMILES string of the molecule is C=C(C)[C@@H]1CC[C@]2(C=O)CC[C@]3(C)[C@H](CC[C@@H]4[C@@]5(C)CCN(C(=O)C(=O)OC)C(C)(C)[C@@H]5CC[C@]43C)[C@@H]12. The zero-order valence-electron chi connectivity index (χ0n) is 24.3. The molecule has 5 rings (SSSR count). The molecule has 1 aliphatic heterocycles. The highest BCUT2D eigenvalue weighted by Crippen LogP contribution is 2.76. The van der Waals surface area contributed by atoms with Crippen LogP contribution in [-0.4, -0.2) is 42.3 Å². The van der Waals surface area contributed by atoms with E-state index < -0.39 is 17.4 Å². The number of carbonyl (C=O) groups is 3. The molecule has 0 N–H and O–H groups in total. The van der Waals surface area contributed by atoms with Gasteiger partial charge in [0.15, 0.2) is 0 Å². The maximum atomic E-state index is 13.0. The number of likely N-dealkylation sites (tertiary alicyclic amines) is 1. The smallest absolute Gasteiger partial charge is 0.396 e. The fourth-order valence-corrected chi connectivity index (χ4v) is 11.7. The van der Waals surface area contributed by atoms with Gasteiger partial charge in [0.25, 0.3) is 0 Å². The third-order valence-electron chi connectivity index (χ3n) is 13.7. The van der Waals surface area contributed by atoms with Crippen LogP contribution in [-0.2, 0) is 19.1 Å². The number of esters is 1. The minimum absolute atomic E-state index is 0.111. The van der Waals surface area contributed by atoms with Crippen molar-refractivity contribution in [2.45, 2.75) is 105 Å². The topological polar surface area (TPSA) is 63.7 Å². The van der Waals surface area contributed by atoms with Crippen LogP contribution in [0.25, 0.3) is 0 Å². The second-order valence-electron chi connectivity index (χ2n) is 14.9. The summed E-state index contributed by atoms with van der Waals surface area (Å²) in [6, 6.07) is 0. The number of rotatable bonds is 2. The minimum Gasteiger partial charge on any atom is -0.462 e. The van der Waals surface area contributed by atoms with E-state index in [1.807, 2.05) is 0 Å². The second-order valence-corrected chi connectivity index (χ2v) is 14.9. The predicted octanol–water partition coefficient (Wildman–Crippen LogP) is 6.21. The first-order valence-electron chi connectivity index (χ1n) is 14.8. The lowest BCUT2D eigenvalue weighted by molar-refractivity contribution is -0.239. The average Bonchev–Trinajstić information content (AvgIpc) is 3.24. The van der Waals surface area contributed by atoms with Gasteiger partial charge in [-0.25, -0.2) is 4.79 Å². The van der Waals surface area contributed by atoms with E-state index in [1.54, 1.807) is 4.90 Å². The van der Waals surface area contributed by atoms with Gasteiger partial charge in [0.2, 0.25) is 0 Å². The van der Waals surface area contributed by atoms with E-state index in [-0.39, 0.29) is 21.7 Å². The van der Waals surface area contributed by atoms with Crippen molar-refractivity contribution < 1.29 is 19.1 Å². The molecule has 37 heavy (non-hydrogen) atoms. The Balaban J connectivity index is 1.50. The van der Waals surface area contributed by atoms with Crippen LogP contribution in [0.4, 0.5) is 0 Å². The molecule has 0 unspecified atom stereocenters. The summed E-state index contributed by atoms with van der Waals surface area (Å²) >= 11 is 0. The van der Waals surface area contributed by atoms with Crippen LogP contribution in [0.5, 0.6) is 0 Å². The van der Waals surface area contributed by atoms with Gasteiger partial charge in [-0.05, 0) is 124 Å². The molecule has 1 saturated heterocycles. The maximum Gasteiger partial charge on any atom is 0.396 e. The molecule has 5 heteroatoms. The van der Waals surface area contributed by atoms with Gasteiger partial charge < -0.3 is 14.4 Å². The van der Waals surface area contributed by atoms with E-state index in [0.717, 1.165) is 44.9 Å². The van der Waals surface area contributed by atoms with Crippen molar-refractivity contribution in [1.82, 2.24) is 4.90 Å². The number of carbonyl (C=O) groups excluding carboxylic acids is 3. The second kappa shape index (κ2) is 8.42.